The van der Waals surface area contributed by atoms with E-state index in [0.29, 0.717) is 0 Å². The van der Waals surface area contributed by atoms with Crippen molar-refractivity contribution in [3.8, 4) is 5.75 Å². The number of carbonyl (C=O) groups is 1. The van der Waals surface area contributed by atoms with Gasteiger partial charge in [0.25, 0.3) is 0 Å². The lowest BCUT2D eigenvalue weighted by atomic mass is 10.1. The van der Waals surface area contributed by atoms with E-state index in [-0.39, 0.29) is 5.97 Å². The molecule has 0 bridgehead atoms. The van der Waals surface area contributed by atoms with E-state index in [9.17, 15) is 4.79 Å². The number of ether oxygens (including phenoxy) is 2. The first kappa shape index (κ1) is 11.0. The van der Waals surface area contributed by atoms with Crippen molar-refractivity contribution in [1.82, 2.24) is 0 Å². The first-order chi connectivity index (χ1) is 7.70. The summed E-state index contributed by atoms with van der Waals surface area (Å²) in [5.74, 6) is 0.402. The fraction of sp³-hybridized carbons (Fsp3) is 0.462. The van der Waals surface area contributed by atoms with Gasteiger partial charge >= 0.3 is 5.97 Å². The minimum atomic E-state index is -0.551. The summed E-state index contributed by atoms with van der Waals surface area (Å²) in [6.07, 6.45) is 2.93. The largest absolute Gasteiger partial charge is 0.479 e. The van der Waals surface area contributed by atoms with Gasteiger partial charge in [-0.15, -0.1) is 0 Å². The third kappa shape index (κ3) is 2.18. The molecule has 1 aliphatic rings. The SMILES string of the molecule is COC(=O)[C@@H](C)Oc1ccc2c(c1)CCC2. The number of hydrogen-bond acceptors (Lipinski definition) is 3. The zero-order valence-electron chi connectivity index (χ0n) is 9.66. The Balaban J connectivity index is 2.08. The summed E-state index contributed by atoms with van der Waals surface area (Å²) in [5.41, 5.74) is 2.74. The van der Waals surface area contributed by atoms with E-state index in [4.69, 9.17) is 4.74 Å². The quantitative estimate of drug-likeness (QED) is 0.732. The summed E-state index contributed by atoms with van der Waals surface area (Å²) < 4.78 is 10.1. The molecule has 3 heteroatoms. The molecule has 0 fully saturated rings. The van der Waals surface area contributed by atoms with Crippen LogP contribution in [0.3, 0.4) is 0 Å². The summed E-state index contributed by atoms with van der Waals surface area (Å²) in [6.45, 7) is 1.69. The highest BCUT2D eigenvalue weighted by atomic mass is 16.6. The molecular formula is C13H16O3. The predicted molar refractivity (Wildman–Crippen MR) is 60.6 cm³/mol. The maximum atomic E-state index is 11.2. The van der Waals surface area contributed by atoms with Crippen molar-refractivity contribution in [3.63, 3.8) is 0 Å². The van der Waals surface area contributed by atoms with Crippen LogP contribution in [0.5, 0.6) is 5.75 Å². The highest BCUT2D eigenvalue weighted by molar-refractivity contribution is 5.74. The molecule has 16 heavy (non-hydrogen) atoms. The van der Waals surface area contributed by atoms with Crippen molar-refractivity contribution in [2.45, 2.75) is 32.3 Å². The summed E-state index contributed by atoms with van der Waals surface area (Å²) in [7, 11) is 1.37. The third-order valence-electron chi connectivity index (χ3n) is 2.92. The average Bonchev–Trinajstić information content (AvgIpc) is 2.75. The fourth-order valence-electron chi connectivity index (χ4n) is 2.04. The minimum absolute atomic E-state index is 0.347. The molecule has 0 amide bonds. The molecule has 0 N–H and O–H groups in total. The molecule has 2 rings (SSSR count). The van der Waals surface area contributed by atoms with Gasteiger partial charge in [-0.1, -0.05) is 6.07 Å². The Kier molecular flexibility index (Phi) is 3.13. The van der Waals surface area contributed by atoms with E-state index in [2.05, 4.69) is 10.8 Å². The van der Waals surface area contributed by atoms with Gasteiger partial charge in [0.05, 0.1) is 7.11 Å². The molecule has 1 aromatic carbocycles. The van der Waals surface area contributed by atoms with Crippen LogP contribution in [-0.2, 0) is 22.4 Å². The van der Waals surface area contributed by atoms with E-state index in [1.165, 1.54) is 24.7 Å². The van der Waals surface area contributed by atoms with Gasteiger partial charge < -0.3 is 9.47 Å². The minimum Gasteiger partial charge on any atom is -0.479 e. The Labute approximate surface area is 95.4 Å². The molecule has 1 atom stereocenters. The van der Waals surface area contributed by atoms with E-state index in [1.807, 2.05) is 12.1 Å². The van der Waals surface area contributed by atoms with Gasteiger partial charge in [-0.3, -0.25) is 0 Å². The topological polar surface area (TPSA) is 35.5 Å². The highest BCUT2D eigenvalue weighted by Crippen LogP contribution is 2.26. The maximum absolute atomic E-state index is 11.2. The molecule has 0 aliphatic heterocycles. The summed E-state index contributed by atoms with van der Waals surface area (Å²) >= 11 is 0. The van der Waals surface area contributed by atoms with Gasteiger partial charge in [0.2, 0.25) is 0 Å². The smallest absolute Gasteiger partial charge is 0.346 e. The van der Waals surface area contributed by atoms with Crippen LogP contribution in [0.4, 0.5) is 0 Å². The van der Waals surface area contributed by atoms with Gasteiger partial charge in [0, 0.05) is 0 Å². The van der Waals surface area contributed by atoms with Crippen molar-refractivity contribution >= 4 is 5.97 Å². The molecule has 0 spiro atoms. The van der Waals surface area contributed by atoms with Crippen LogP contribution < -0.4 is 4.74 Å². The number of aryl methyl sites for hydroxylation is 2. The second-order valence-electron chi connectivity index (χ2n) is 4.07. The van der Waals surface area contributed by atoms with Crippen LogP contribution >= 0.6 is 0 Å². The van der Waals surface area contributed by atoms with Crippen molar-refractivity contribution < 1.29 is 14.3 Å². The Morgan fingerprint density at radius 2 is 2.06 bits per heavy atom. The Morgan fingerprint density at radius 3 is 2.81 bits per heavy atom. The van der Waals surface area contributed by atoms with Crippen LogP contribution in [0.15, 0.2) is 18.2 Å². The Hall–Kier alpha value is -1.51. The summed E-state index contributed by atoms with van der Waals surface area (Å²) in [6, 6.07) is 6.03. The lowest BCUT2D eigenvalue weighted by Gasteiger charge is -2.13. The van der Waals surface area contributed by atoms with Crippen LogP contribution in [0.25, 0.3) is 0 Å². The van der Waals surface area contributed by atoms with Crippen LogP contribution in [0.2, 0.25) is 0 Å². The standard InChI is InChI=1S/C13H16O3/c1-9(13(14)15-2)16-12-7-6-10-4-3-5-11(10)8-12/h6-9H,3-5H2,1-2H3/t9-/m1/s1. The van der Waals surface area contributed by atoms with E-state index < -0.39 is 6.10 Å². The van der Waals surface area contributed by atoms with Crippen molar-refractivity contribution in [1.29, 1.82) is 0 Å². The third-order valence-corrected chi connectivity index (χ3v) is 2.92. The number of hydrogen-bond donors (Lipinski definition) is 0. The predicted octanol–water partition coefficient (Wildman–Crippen LogP) is 2.12. The Bertz CT molecular complexity index is 398. The van der Waals surface area contributed by atoms with Gasteiger partial charge in [-0.05, 0) is 49.4 Å². The number of esters is 1. The molecule has 0 aromatic heterocycles. The molecule has 0 radical (unpaired) electrons. The number of methoxy groups -OCH3 is 1. The number of carbonyl (C=O) groups excluding carboxylic acids is 1. The van der Waals surface area contributed by atoms with Gasteiger partial charge in [0.15, 0.2) is 6.10 Å². The van der Waals surface area contributed by atoms with Gasteiger partial charge in [-0.25, -0.2) is 4.79 Å². The van der Waals surface area contributed by atoms with E-state index >= 15 is 0 Å². The monoisotopic (exact) mass is 220 g/mol. The molecular weight excluding hydrogens is 204 g/mol. The van der Waals surface area contributed by atoms with Crippen molar-refractivity contribution in [2.75, 3.05) is 7.11 Å². The molecule has 0 saturated heterocycles. The zero-order valence-corrected chi connectivity index (χ0v) is 9.66. The summed E-state index contributed by atoms with van der Waals surface area (Å²) in [5, 5.41) is 0. The molecule has 1 aliphatic carbocycles. The number of benzene rings is 1. The van der Waals surface area contributed by atoms with Crippen molar-refractivity contribution in [3.05, 3.63) is 29.3 Å². The van der Waals surface area contributed by atoms with Crippen molar-refractivity contribution in [2.24, 2.45) is 0 Å². The average molecular weight is 220 g/mol. The van der Waals surface area contributed by atoms with Crippen LogP contribution in [0.1, 0.15) is 24.5 Å². The molecule has 0 heterocycles. The maximum Gasteiger partial charge on any atom is 0.346 e. The molecule has 1 aromatic rings. The van der Waals surface area contributed by atoms with E-state index in [0.717, 1.165) is 18.6 Å². The van der Waals surface area contributed by atoms with E-state index in [1.54, 1.807) is 6.92 Å². The summed E-state index contributed by atoms with van der Waals surface area (Å²) in [4.78, 5) is 11.2. The second-order valence-corrected chi connectivity index (χ2v) is 4.07. The van der Waals surface area contributed by atoms with Crippen LogP contribution in [0, 0.1) is 0 Å². The molecule has 0 saturated carbocycles. The van der Waals surface area contributed by atoms with Gasteiger partial charge in [0.1, 0.15) is 5.75 Å². The molecule has 0 unspecified atom stereocenters. The second kappa shape index (κ2) is 4.56. The first-order valence-corrected chi connectivity index (χ1v) is 5.57. The van der Waals surface area contributed by atoms with Crippen LogP contribution in [-0.4, -0.2) is 19.2 Å². The molecule has 86 valence electrons. The lowest BCUT2D eigenvalue weighted by Crippen LogP contribution is -2.24. The zero-order chi connectivity index (χ0) is 11.5. The van der Waals surface area contributed by atoms with Gasteiger partial charge in [-0.2, -0.15) is 0 Å². The normalized spacial score (nSPS) is 15.4. The Morgan fingerprint density at radius 1 is 1.31 bits per heavy atom. The lowest BCUT2D eigenvalue weighted by molar-refractivity contribution is -0.147. The highest BCUT2D eigenvalue weighted by Gasteiger charge is 2.16. The first-order valence-electron chi connectivity index (χ1n) is 5.57. The molecule has 3 nitrogen and oxygen atoms in total. The number of fused-ring (bicyclic) bond motifs is 1. The fourth-order valence-corrected chi connectivity index (χ4v) is 2.04. The number of rotatable bonds is 3.